The van der Waals surface area contributed by atoms with Gasteiger partial charge in [0.05, 0.1) is 11.4 Å². The number of hydrogen-bond donors (Lipinski definition) is 1. The van der Waals surface area contributed by atoms with E-state index in [1.807, 2.05) is 65.2 Å². The van der Waals surface area contributed by atoms with Crippen LogP contribution in [-0.2, 0) is 4.79 Å². The highest BCUT2D eigenvalue weighted by molar-refractivity contribution is 7.99. The van der Waals surface area contributed by atoms with Crippen molar-refractivity contribution in [3.05, 3.63) is 90.2 Å². The average molecular weight is 440 g/mol. The van der Waals surface area contributed by atoms with Gasteiger partial charge in [-0.25, -0.2) is 13.2 Å². The first-order valence-corrected chi connectivity index (χ1v) is 10.1. The minimum absolute atomic E-state index is 0.141. The Balaban J connectivity index is 1.57. The smallest absolute Gasteiger partial charge is 0.234 e. The van der Waals surface area contributed by atoms with Crippen molar-refractivity contribution in [2.24, 2.45) is 0 Å². The summed E-state index contributed by atoms with van der Waals surface area (Å²) in [7, 11) is 0. The van der Waals surface area contributed by atoms with Crippen molar-refractivity contribution in [2.75, 3.05) is 11.1 Å². The molecule has 5 nitrogen and oxygen atoms in total. The van der Waals surface area contributed by atoms with Gasteiger partial charge in [-0.05, 0) is 12.1 Å². The van der Waals surface area contributed by atoms with Crippen LogP contribution in [-0.4, -0.2) is 26.4 Å². The lowest BCUT2D eigenvalue weighted by Crippen LogP contribution is -2.16. The molecule has 3 aromatic carbocycles. The quantitative estimate of drug-likeness (QED) is 0.336. The highest BCUT2D eigenvalue weighted by atomic mass is 32.2. The number of rotatable bonds is 6. The Morgan fingerprint density at radius 2 is 1.52 bits per heavy atom. The van der Waals surface area contributed by atoms with Crippen molar-refractivity contribution in [3.8, 4) is 17.1 Å². The van der Waals surface area contributed by atoms with Crippen molar-refractivity contribution in [1.29, 1.82) is 0 Å². The van der Waals surface area contributed by atoms with Gasteiger partial charge in [0.2, 0.25) is 5.91 Å². The zero-order valence-corrected chi connectivity index (χ0v) is 16.7. The second-order valence-corrected chi connectivity index (χ2v) is 7.37. The van der Waals surface area contributed by atoms with Crippen molar-refractivity contribution in [2.45, 2.75) is 5.16 Å². The summed E-state index contributed by atoms with van der Waals surface area (Å²) in [6, 6.07) is 19.8. The molecule has 0 spiro atoms. The van der Waals surface area contributed by atoms with Crippen LogP contribution in [0.5, 0.6) is 0 Å². The molecule has 1 aromatic heterocycles. The number of para-hydroxylation sites is 1. The summed E-state index contributed by atoms with van der Waals surface area (Å²) >= 11 is 1.08. The molecule has 1 N–H and O–H groups in total. The number of carbonyl (C=O) groups is 1. The molecule has 0 bridgehead atoms. The molecule has 9 heteroatoms. The van der Waals surface area contributed by atoms with Crippen molar-refractivity contribution >= 4 is 23.4 Å². The Kier molecular flexibility index (Phi) is 6.03. The molecule has 4 rings (SSSR count). The normalized spacial score (nSPS) is 10.8. The minimum Gasteiger partial charge on any atom is -0.323 e. The van der Waals surface area contributed by atoms with E-state index in [1.54, 1.807) is 0 Å². The zero-order chi connectivity index (χ0) is 21.8. The molecule has 0 fully saturated rings. The number of carbonyl (C=O) groups excluding carboxylic acids is 1. The molecule has 0 aliphatic rings. The first-order valence-electron chi connectivity index (χ1n) is 9.16. The molecule has 0 unspecified atom stereocenters. The maximum Gasteiger partial charge on any atom is 0.234 e. The lowest BCUT2D eigenvalue weighted by Gasteiger charge is -2.10. The van der Waals surface area contributed by atoms with Gasteiger partial charge in [0.15, 0.2) is 22.6 Å². The first-order chi connectivity index (χ1) is 15.0. The van der Waals surface area contributed by atoms with Crippen LogP contribution < -0.4 is 5.32 Å². The maximum atomic E-state index is 13.8. The molecule has 1 heterocycles. The van der Waals surface area contributed by atoms with Crippen LogP contribution >= 0.6 is 11.8 Å². The van der Waals surface area contributed by atoms with Crippen molar-refractivity contribution in [1.82, 2.24) is 14.8 Å². The molecular weight excluding hydrogens is 425 g/mol. The van der Waals surface area contributed by atoms with E-state index in [9.17, 15) is 18.0 Å². The van der Waals surface area contributed by atoms with Gasteiger partial charge in [-0.3, -0.25) is 9.36 Å². The topological polar surface area (TPSA) is 59.8 Å². The monoisotopic (exact) mass is 440 g/mol. The number of nitrogens with zero attached hydrogens (tertiary/aromatic N) is 3. The third-order valence-electron chi connectivity index (χ3n) is 4.30. The summed E-state index contributed by atoms with van der Waals surface area (Å²) in [5, 5.41) is 11.2. The van der Waals surface area contributed by atoms with E-state index in [-0.39, 0.29) is 5.75 Å². The van der Waals surface area contributed by atoms with E-state index < -0.39 is 29.0 Å². The van der Waals surface area contributed by atoms with E-state index in [2.05, 4.69) is 15.5 Å². The summed E-state index contributed by atoms with van der Waals surface area (Å²) in [4.78, 5) is 12.3. The molecule has 0 radical (unpaired) electrons. The Labute approximate surface area is 179 Å². The summed E-state index contributed by atoms with van der Waals surface area (Å²) < 4.78 is 42.0. The van der Waals surface area contributed by atoms with Crippen LogP contribution in [0, 0.1) is 17.5 Å². The molecular formula is C22H15F3N4OS. The fourth-order valence-corrected chi connectivity index (χ4v) is 3.63. The third kappa shape index (κ3) is 4.61. The summed E-state index contributed by atoms with van der Waals surface area (Å²) in [6.45, 7) is 0. The van der Waals surface area contributed by atoms with Gasteiger partial charge in [0.25, 0.3) is 0 Å². The van der Waals surface area contributed by atoms with Crippen LogP contribution in [0.2, 0.25) is 0 Å². The van der Waals surface area contributed by atoms with Crippen LogP contribution in [0.4, 0.5) is 18.9 Å². The number of hydrogen-bond acceptors (Lipinski definition) is 4. The zero-order valence-electron chi connectivity index (χ0n) is 15.9. The minimum atomic E-state index is -1.32. The number of nitrogens with one attached hydrogen (secondary N) is 1. The summed E-state index contributed by atoms with van der Waals surface area (Å²) in [5.74, 6) is -3.77. The van der Waals surface area contributed by atoms with Crippen molar-refractivity contribution < 1.29 is 18.0 Å². The van der Waals surface area contributed by atoms with Gasteiger partial charge >= 0.3 is 0 Å². The van der Waals surface area contributed by atoms with Gasteiger partial charge in [0.1, 0.15) is 5.82 Å². The largest absolute Gasteiger partial charge is 0.323 e. The van der Waals surface area contributed by atoms with Gasteiger partial charge in [0, 0.05) is 23.4 Å². The first kappa shape index (κ1) is 20.7. The maximum absolute atomic E-state index is 13.8. The van der Waals surface area contributed by atoms with Gasteiger partial charge < -0.3 is 5.32 Å². The molecule has 4 aromatic rings. The fourth-order valence-electron chi connectivity index (χ4n) is 2.88. The molecule has 0 aliphatic heterocycles. The third-order valence-corrected chi connectivity index (χ3v) is 5.23. The number of amides is 1. The van der Waals surface area contributed by atoms with Crippen molar-refractivity contribution in [3.63, 3.8) is 0 Å². The lowest BCUT2D eigenvalue weighted by atomic mass is 10.2. The molecule has 1 amide bonds. The van der Waals surface area contributed by atoms with E-state index >= 15 is 0 Å². The number of halogens is 3. The summed E-state index contributed by atoms with van der Waals surface area (Å²) in [5.41, 5.74) is 1.22. The van der Waals surface area contributed by atoms with Crippen LogP contribution in [0.25, 0.3) is 17.1 Å². The molecule has 0 saturated carbocycles. The fraction of sp³-hybridized carbons (Fsp3) is 0.0455. The lowest BCUT2D eigenvalue weighted by molar-refractivity contribution is -0.113. The van der Waals surface area contributed by atoms with E-state index in [4.69, 9.17) is 0 Å². The number of aromatic nitrogens is 3. The molecule has 0 saturated heterocycles. The number of benzene rings is 3. The average Bonchev–Trinajstić information content (AvgIpc) is 3.21. The highest BCUT2D eigenvalue weighted by Gasteiger charge is 2.18. The van der Waals surface area contributed by atoms with Gasteiger partial charge in [-0.15, -0.1) is 10.2 Å². The van der Waals surface area contributed by atoms with E-state index in [0.717, 1.165) is 23.0 Å². The molecule has 156 valence electrons. The van der Waals surface area contributed by atoms with Gasteiger partial charge in [-0.2, -0.15) is 0 Å². The Morgan fingerprint density at radius 1 is 0.871 bits per heavy atom. The van der Waals surface area contributed by atoms with E-state index in [0.29, 0.717) is 23.1 Å². The second kappa shape index (κ2) is 9.05. The molecule has 0 aliphatic carbocycles. The Morgan fingerprint density at radius 3 is 2.23 bits per heavy atom. The van der Waals surface area contributed by atoms with Crippen LogP contribution in [0.15, 0.2) is 78.0 Å². The highest BCUT2D eigenvalue weighted by Crippen LogP contribution is 2.28. The SMILES string of the molecule is O=C(CSc1nnc(-c2ccccc2)n1-c1ccccc1)Nc1cc(F)c(F)cc1F. The predicted molar refractivity (Wildman–Crippen MR) is 112 cm³/mol. The standard InChI is InChI=1S/C22H15F3N4OS/c23-16-11-18(25)19(12-17(16)24)26-20(30)13-31-22-28-27-21(14-7-3-1-4-8-14)29(22)15-9-5-2-6-10-15/h1-12H,13H2,(H,26,30). The number of thioether (sulfide) groups is 1. The Hall–Kier alpha value is -3.59. The predicted octanol–water partition coefficient (Wildman–Crippen LogP) is 5.08. The van der Waals surface area contributed by atoms with Crippen LogP contribution in [0.3, 0.4) is 0 Å². The van der Waals surface area contributed by atoms with Gasteiger partial charge in [-0.1, -0.05) is 60.3 Å². The molecule has 0 atom stereocenters. The number of anilines is 1. The van der Waals surface area contributed by atoms with E-state index in [1.165, 1.54) is 0 Å². The summed E-state index contributed by atoms with van der Waals surface area (Å²) in [6.07, 6.45) is 0. The Bertz CT molecular complexity index is 1220. The molecule has 31 heavy (non-hydrogen) atoms. The second-order valence-electron chi connectivity index (χ2n) is 6.43. The van der Waals surface area contributed by atoms with Crippen LogP contribution in [0.1, 0.15) is 0 Å².